The molecule has 0 saturated carbocycles. The van der Waals surface area contributed by atoms with Crippen LogP contribution in [0.2, 0.25) is 0 Å². The lowest BCUT2D eigenvalue weighted by Crippen LogP contribution is -2.44. The van der Waals surface area contributed by atoms with Crippen LogP contribution < -0.4 is 15.0 Å². The number of hydrogen-bond acceptors (Lipinski definition) is 10. The van der Waals surface area contributed by atoms with Crippen LogP contribution in [-0.2, 0) is 9.73 Å². The van der Waals surface area contributed by atoms with Crippen LogP contribution in [0.15, 0.2) is 53.2 Å². The molecule has 5 rings (SSSR count). The van der Waals surface area contributed by atoms with Crippen molar-refractivity contribution in [1.29, 1.82) is 0 Å². The van der Waals surface area contributed by atoms with Gasteiger partial charge in [0.15, 0.2) is 17.3 Å². The molecule has 1 aromatic carbocycles. The number of nitrogens with zero attached hydrogens (tertiary/aromatic N) is 8. The third kappa shape index (κ3) is 5.24. The minimum Gasteiger partial charge on any atom is -0.495 e. The number of anilines is 3. The van der Waals surface area contributed by atoms with Crippen molar-refractivity contribution < 1.29 is 8.95 Å². The van der Waals surface area contributed by atoms with Crippen molar-refractivity contribution in [3.8, 4) is 11.6 Å². The lowest BCUT2D eigenvalue weighted by Gasteiger charge is -2.34. The topological polar surface area (TPSA) is 114 Å². The zero-order chi connectivity index (χ0) is 25.3. The van der Waals surface area contributed by atoms with Gasteiger partial charge in [-0.3, -0.25) is 0 Å². The average molecular weight is 508 g/mol. The highest BCUT2D eigenvalue weighted by Gasteiger charge is 2.18. The van der Waals surface area contributed by atoms with E-state index in [1.54, 1.807) is 54.9 Å². The molecule has 0 spiro atoms. The number of hydrogen-bond donors (Lipinski definition) is 1. The smallest absolute Gasteiger partial charge is 0.229 e. The molecule has 4 aromatic rings. The number of piperazine rings is 1. The summed E-state index contributed by atoms with van der Waals surface area (Å²) in [6.07, 6.45) is 6.54. The molecule has 0 bridgehead atoms. The molecule has 0 amide bonds. The number of nitrogens with one attached hydrogen (secondary N) is 1. The summed E-state index contributed by atoms with van der Waals surface area (Å²) in [6, 6.07) is 11.3. The maximum atomic E-state index is 12.1. The van der Waals surface area contributed by atoms with Gasteiger partial charge in [-0.05, 0) is 31.3 Å². The van der Waals surface area contributed by atoms with Gasteiger partial charge in [0.2, 0.25) is 5.95 Å². The number of likely N-dealkylation sites (N-methyl/N-ethyl adjacent to an activating group) is 1. The second-order valence-corrected chi connectivity index (χ2v) is 11.5. The van der Waals surface area contributed by atoms with Gasteiger partial charge in [-0.1, -0.05) is 6.07 Å². The van der Waals surface area contributed by atoms with Crippen LogP contribution in [-0.4, -0.2) is 86.7 Å². The predicted molar refractivity (Wildman–Crippen MR) is 143 cm³/mol. The number of benzene rings is 1. The van der Waals surface area contributed by atoms with Crippen molar-refractivity contribution in [2.24, 2.45) is 4.36 Å². The molecule has 11 nitrogen and oxygen atoms in total. The van der Waals surface area contributed by atoms with Crippen LogP contribution in [0.5, 0.6) is 5.75 Å². The summed E-state index contributed by atoms with van der Waals surface area (Å²) in [4.78, 5) is 18.3. The molecule has 1 aliphatic rings. The third-order valence-corrected chi connectivity index (χ3v) is 6.47. The van der Waals surface area contributed by atoms with Crippen molar-refractivity contribution >= 4 is 43.9 Å². The third-order valence-electron chi connectivity index (χ3n) is 5.84. The Labute approximate surface area is 210 Å². The number of methoxy groups -OCH3 is 1. The average Bonchev–Trinajstić information content (AvgIpc) is 3.27. The first-order valence-corrected chi connectivity index (χ1v) is 13.9. The first-order valence-electron chi connectivity index (χ1n) is 11.5. The Balaban J connectivity index is 1.43. The Morgan fingerprint density at radius 3 is 2.61 bits per heavy atom. The highest BCUT2D eigenvalue weighted by atomic mass is 32.2. The first-order chi connectivity index (χ1) is 17.3. The Hall–Kier alpha value is -3.77. The quantitative estimate of drug-likeness (QED) is 0.420. The number of ether oxygens (including phenoxy) is 1. The van der Waals surface area contributed by atoms with Crippen molar-refractivity contribution in [3.05, 3.63) is 48.8 Å². The zero-order valence-corrected chi connectivity index (χ0v) is 21.6. The summed E-state index contributed by atoms with van der Waals surface area (Å²) in [6.45, 7) is 3.96. The fourth-order valence-electron chi connectivity index (χ4n) is 4.04. The summed E-state index contributed by atoms with van der Waals surface area (Å²) < 4.78 is 23.6. The second kappa shape index (κ2) is 9.70. The maximum Gasteiger partial charge on any atom is 0.229 e. The van der Waals surface area contributed by atoms with Crippen LogP contribution in [0.4, 0.5) is 23.1 Å². The summed E-state index contributed by atoms with van der Waals surface area (Å²) in [5, 5.41) is 8.47. The molecule has 36 heavy (non-hydrogen) atoms. The molecule has 0 aliphatic carbocycles. The predicted octanol–water partition coefficient (Wildman–Crippen LogP) is 3.07. The minimum atomic E-state index is -2.33. The van der Waals surface area contributed by atoms with E-state index in [9.17, 15) is 4.21 Å². The molecule has 1 saturated heterocycles. The van der Waals surface area contributed by atoms with Crippen LogP contribution in [0.1, 0.15) is 0 Å². The van der Waals surface area contributed by atoms with Gasteiger partial charge < -0.3 is 19.9 Å². The molecule has 1 aliphatic heterocycles. The van der Waals surface area contributed by atoms with E-state index < -0.39 is 9.73 Å². The van der Waals surface area contributed by atoms with Crippen LogP contribution in [0.3, 0.4) is 0 Å². The van der Waals surface area contributed by atoms with Crippen LogP contribution in [0, 0.1) is 0 Å². The standard InChI is InChI=1S/C24H29N9O2S/c1-31-10-12-32(13-11-31)19-9-8-18(14-20(19)35-2)27-24-25-15-17-16-26-33(23(17)29-24)22-7-5-6-21(28-22)30-36(3,4)34/h5-9,14-16H,10-13H2,1-4H3,(H,25,27,29). The monoisotopic (exact) mass is 507 g/mol. The normalized spacial score (nSPS) is 14.7. The van der Waals surface area contributed by atoms with Crippen molar-refractivity contribution in [2.75, 3.05) is 63.1 Å². The van der Waals surface area contributed by atoms with Crippen molar-refractivity contribution in [1.82, 2.24) is 29.6 Å². The molecule has 188 valence electrons. The van der Waals surface area contributed by atoms with Gasteiger partial charge in [0.25, 0.3) is 0 Å². The van der Waals surface area contributed by atoms with E-state index in [1.807, 2.05) is 12.1 Å². The minimum absolute atomic E-state index is 0.381. The van der Waals surface area contributed by atoms with E-state index in [0.29, 0.717) is 23.2 Å². The lowest BCUT2D eigenvalue weighted by molar-refractivity contribution is 0.311. The van der Waals surface area contributed by atoms with Gasteiger partial charge >= 0.3 is 0 Å². The Bertz CT molecular complexity index is 1510. The maximum absolute atomic E-state index is 12.1. The van der Waals surface area contributed by atoms with Gasteiger partial charge in [0, 0.05) is 66.4 Å². The van der Waals surface area contributed by atoms with Crippen LogP contribution in [0.25, 0.3) is 16.9 Å². The zero-order valence-electron chi connectivity index (χ0n) is 20.7. The number of aromatic nitrogens is 5. The fourth-order valence-corrected chi connectivity index (χ4v) is 4.60. The summed E-state index contributed by atoms with van der Waals surface area (Å²) in [5.41, 5.74) is 2.48. The van der Waals surface area contributed by atoms with E-state index in [-0.39, 0.29) is 0 Å². The molecule has 0 radical (unpaired) electrons. The Morgan fingerprint density at radius 2 is 1.86 bits per heavy atom. The highest BCUT2D eigenvalue weighted by molar-refractivity contribution is 7.92. The number of fused-ring (bicyclic) bond motifs is 1. The van der Waals surface area contributed by atoms with E-state index >= 15 is 0 Å². The largest absolute Gasteiger partial charge is 0.495 e. The van der Waals surface area contributed by atoms with E-state index in [4.69, 9.17) is 4.74 Å². The van der Waals surface area contributed by atoms with Crippen LogP contribution >= 0.6 is 0 Å². The summed E-state index contributed by atoms with van der Waals surface area (Å²) >= 11 is 0. The van der Waals surface area contributed by atoms with E-state index in [0.717, 1.165) is 48.7 Å². The highest BCUT2D eigenvalue weighted by Crippen LogP contribution is 2.33. The van der Waals surface area contributed by atoms with Crippen molar-refractivity contribution in [2.45, 2.75) is 0 Å². The Kier molecular flexibility index (Phi) is 6.46. The van der Waals surface area contributed by atoms with Crippen molar-refractivity contribution in [3.63, 3.8) is 0 Å². The molecule has 1 fully saturated rings. The van der Waals surface area contributed by atoms with Gasteiger partial charge in [0.05, 0.1) is 24.4 Å². The Morgan fingerprint density at radius 1 is 1.06 bits per heavy atom. The van der Waals surface area contributed by atoms with E-state index in [2.05, 4.69) is 52.6 Å². The van der Waals surface area contributed by atoms with E-state index in [1.165, 1.54) is 0 Å². The van der Waals surface area contributed by atoms with Gasteiger partial charge in [-0.15, -0.1) is 0 Å². The molecule has 12 heteroatoms. The SMILES string of the molecule is COc1cc(Nc2ncc3cnn(-c4cccc(N=S(C)(C)=O)n4)c3n2)ccc1N1CCN(C)CC1. The number of rotatable bonds is 6. The molecule has 4 heterocycles. The van der Waals surface area contributed by atoms with Gasteiger partial charge in [-0.2, -0.15) is 19.1 Å². The molecular formula is C24H29N9O2S. The summed E-state index contributed by atoms with van der Waals surface area (Å²) in [7, 11) is 1.49. The second-order valence-electron chi connectivity index (χ2n) is 8.96. The number of pyridine rings is 1. The first kappa shape index (κ1) is 23.9. The molecule has 0 unspecified atom stereocenters. The molecule has 3 aromatic heterocycles. The molecular weight excluding hydrogens is 478 g/mol. The summed E-state index contributed by atoms with van der Waals surface area (Å²) in [5.74, 6) is 2.12. The van der Waals surface area contributed by atoms with Gasteiger partial charge in [0.1, 0.15) is 5.75 Å². The fraction of sp³-hybridized carbons (Fsp3) is 0.333. The van der Waals surface area contributed by atoms with Gasteiger partial charge in [-0.25, -0.2) is 14.2 Å². The molecule has 1 N–H and O–H groups in total. The molecule has 0 atom stereocenters. The lowest BCUT2D eigenvalue weighted by atomic mass is 10.2.